The molecule has 5 aromatic rings. The zero-order chi connectivity index (χ0) is 32.0. The Morgan fingerprint density at radius 2 is 1.82 bits per heavy atom. The number of fused-ring (bicyclic) bond motifs is 1. The number of aromatic nitrogens is 6. The number of sulfonamides is 1. The number of aryl methyl sites for hydroxylation is 1. The Labute approximate surface area is 256 Å². The summed E-state index contributed by atoms with van der Waals surface area (Å²) < 4.78 is 57.3. The number of pyridine rings is 1. The van der Waals surface area contributed by atoms with Crippen molar-refractivity contribution in [3.8, 4) is 23.0 Å². The van der Waals surface area contributed by atoms with E-state index in [-0.39, 0.29) is 17.3 Å². The average molecular weight is 641 g/mol. The third-order valence-corrected chi connectivity index (χ3v) is 7.69. The number of hydrogen-bond donors (Lipinski definition) is 3. The maximum atomic E-state index is 14.0. The van der Waals surface area contributed by atoms with Gasteiger partial charge in [0.05, 0.1) is 33.9 Å². The second kappa shape index (κ2) is 11.5. The number of aromatic amines is 1. The lowest BCUT2D eigenvalue weighted by atomic mass is 9.94. The van der Waals surface area contributed by atoms with Gasteiger partial charge in [-0.2, -0.15) is 10.2 Å². The third kappa shape index (κ3) is 6.35. The molecule has 0 aliphatic carbocycles. The maximum absolute atomic E-state index is 14.0. The molecule has 4 N–H and O–H groups in total. The highest BCUT2D eigenvalue weighted by molar-refractivity contribution is 7.92. The number of nitrogens with two attached hydrogens (primary N) is 1. The fourth-order valence-electron chi connectivity index (χ4n) is 4.90. The van der Waals surface area contributed by atoms with Crippen LogP contribution < -0.4 is 16.1 Å². The Morgan fingerprint density at radius 3 is 2.45 bits per heavy atom. The molecule has 3 aromatic heterocycles. The summed E-state index contributed by atoms with van der Waals surface area (Å²) in [6, 6.07) is 9.05. The van der Waals surface area contributed by atoms with E-state index in [1.807, 2.05) is 0 Å². The largest absolute Gasteiger partial charge is 0.344 e. The molecule has 0 aliphatic rings. The smallest absolute Gasteiger partial charge is 0.322 e. The number of nitrogens with zero attached hydrogens (tertiary/aromatic N) is 5. The predicted octanol–water partition coefficient (Wildman–Crippen LogP) is 3.85. The van der Waals surface area contributed by atoms with Crippen LogP contribution in [0, 0.1) is 23.5 Å². The third-order valence-electron chi connectivity index (χ3n) is 6.81. The van der Waals surface area contributed by atoms with Crippen LogP contribution in [-0.2, 0) is 29.0 Å². The van der Waals surface area contributed by atoms with Gasteiger partial charge in [0.15, 0.2) is 5.82 Å². The molecule has 2 aromatic carbocycles. The number of H-pyrrole nitrogens is 1. The van der Waals surface area contributed by atoms with Crippen LogP contribution in [0.25, 0.3) is 22.0 Å². The summed E-state index contributed by atoms with van der Waals surface area (Å²) in [6.45, 7) is 3.48. The molecule has 0 saturated heterocycles. The Kier molecular flexibility index (Phi) is 8.06. The fraction of sp³-hybridized carbons (Fsp3) is 0.241. The van der Waals surface area contributed by atoms with Crippen molar-refractivity contribution < 1.29 is 17.2 Å². The Balaban J connectivity index is 1.68. The van der Waals surface area contributed by atoms with Crippen LogP contribution in [0.4, 0.5) is 14.6 Å². The number of nitrogens with one attached hydrogen (secondary N) is 2. The van der Waals surface area contributed by atoms with Gasteiger partial charge in [-0.05, 0) is 62.1 Å². The first-order chi connectivity index (χ1) is 20.6. The van der Waals surface area contributed by atoms with Crippen LogP contribution in [0.5, 0.6) is 0 Å². The number of hydrogen-bond acceptors (Lipinski definition) is 7. The van der Waals surface area contributed by atoms with Gasteiger partial charge in [0.1, 0.15) is 29.2 Å². The molecule has 0 spiro atoms. The van der Waals surface area contributed by atoms with Crippen molar-refractivity contribution in [1.29, 1.82) is 0 Å². The van der Waals surface area contributed by atoms with E-state index in [0.717, 1.165) is 12.3 Å². The van der Waals surface area contributed by atoms with Crippen molar-refractivity contribution in [3.05, 3.63) is 92.9 Å². The molecular formula is C29H27ClF2N8O3S. The number of benzene rings is 2. The molecule has 15 heteroatoms. The Bertz CT molecular complexity index is 2120. The van der Waals surface area contributed by atoms with Crippen molar-refractivity contribution in [3.63, 3.8) is 0 Å². The minimum Gasteiger partial charge on any atom is -0.322 e. The highest BCUT2D eigenvalue weighted by Crippen LogP contribution is 2.39. The van der Waals surface area contributed by atoms with E-state index < -0.39 is 38.9 Å². The number of anilines is 1. The molecule has 228 valence electrons. The van der Waals surface area contributed by atoms with Crippen molar-refractivity contribution >= 4 is 38.3 Å². The highest BCUT2D eigenvalue weighted by Gasteiger charge is 2.24. The first kappa shape index (κ1) is 30.9. The second-order valence-corrected chi connectivity index (χ2v) is 12.9. The normalized spacial score (nSPS) is 12.6. The van der Waals surface area contributed by atoms with E-state index in [1.165, 1.54) is 27.7 Å². The van der Waals surface area contributed by atoms with E-state index in [2.05, 4.69) is 31.9 Å². The topological polar surface area (TPSA) is 154 Å². The van der Waals surface area contributed by atoms with Gasteiger partial charge in [-0.1, -0.05) is 23.6 Å². The fourth-order valence-corrected chi connectivity index (χ4v) is 5.64. The molecule has 11 nitrogen and oxygen atoms in total. The van der Waals surface area contributed by atoms with Gasteiger partial charge < -0.3 is 5.73 Å². The lowest BCUT2D eigenvalue weighted by Gasteiger charge is -2.19. The minimum absolute atomic E-state index is 0.0322. The van der Waals surface area contributed by atoms with Crippen LogP contribution in [0.3, 0.4) is 0 Å². The summed E-state index contributed by atoms with van der Waals surface area (Å²) in [5, 5.41) is 11.1. The first-order valence-corrected chi connectivity index (χ1v) is 15.4. The summed E-state index contributed by atoms with van der Waals surface area (Å²) in [5.41, 5.74) is 7.90. The number of rotatable bonds is 7. The quantitative estimate of drug-likeness (QED) is 0.228. The lowest BCUT2D eigenvalue weighted by molar-refractivity contribution is 0.459. The molecule has 44 heavy (non-hydrogen) atoms. The summed E-state index contributed by atoms with van der Waals surface area (Å²) in [7, 11) is -2.04. The summed E-state index contributed by atoms with van der Waals surface area (Å²) in [5.74, 6) is 4.59. The van der Waals surface area contributed by atoms with Crippen LogP contribution in [0.2, 0.25) is 5.02 Å². The molecule has 0 bridgehead atoms. The first-order valence-electron chi connectivity index (χ1n) is 13.1. The van der Waals surface area contributed by atoms with Crippen molar-refractivity contribution in [2.24, 2.45) is 12.8 Å². The van der Waals surface area contributed by atoms with Gasteiger partial charge in [0, 0.05) is 24.2 Å². The van der Waals surface area contributed by atoms with Crippen molar-refractivity contribution in [1.82, 2.24) is 29.5 Å². The monoisotopic (exact) mass is 640 g/mol. The van der Waals surface area contributed by atoms with E-state index >= 15 is 0 Å². The molecule has 0 saturated carbocycles. The van der Waals surface area contributed by atoms with Gasteiger partial charge in [-0.3, -0.25) is 14.0 Å². The van der Waals surface area contributed by atoms with Crippen molar-refractivity contribution in [2.75, 3.05) is 11.0 Å². The van der Waals surface area contributed by atoms with E-state index in [4.69, 9.17) is 22.3 Å². The molecule has 0 aliphatic heterocycles. The Morgan fingerprint density at radius 1 is 1.14 bits per heavy atom. The maximum Gasteiger partial charge on any atom is 0.344 e. The predicted molar refractivity (Wildman–Crippen MR) is 163 cm³/mol. The van der Waals surface area contributed by atoms with Crippen molar-refractivity contribution in [2.45, 2.75) is 31.8 Å². The zero-order valence-corrected chi connectivity index (χ0v) is 25.6. The van der Waals surface area contributed by atoms with Gasteiger partial charge in [-0.25, -0.2) is 32.1 Å². The number of halogens is 3. The average Bonchev–Trinajstić information content (AvgIpc) is 3.50. The minimum atomic E-state index is -3.68. The van der Waals surface area contributed by atoms with E-state index in [0.29, 0.717) is 39.0 Å². The van der Waals surface area contributed by atoms with Crippen LogP contribution in [0.15, 0.2) is 53.6 Å². The molecule has 0 radical (unpaired) electrons. The highest BCUT2D eigenvalue weighted by atomic mass is 35.5. The van der Waals surface area contributed by atoms with Gasteiger partial charge in [0.25, 0.3) is 0 Å². The van der Waals surface area contributed by atoms with E-state index in [9.17, 15) is 22.0 Å². The summed E-state index contributed by atoms with van der Waals surface area (Å²) in [4.78, 5) is 16.9. The molecule has 0 amide bonds. The molecular weight excluding hydrogens is 614 g/mol. The second-order valence-electron chi connectivity index (χ2n) is 10.7. The van der Waals surface area contributed by atoms with Crippen LogP contribution >= 0.6 is 11.6 Å². The van der Waals surface area contributed by atoms with E-state index in [1.54, 1.807) is 45.2 Å². The van der Waals surface area contributed by atoms with Crippen LogP contribution in [-0.4, -0.2) is 44.2 Å². The van der Waals surface area contributed by atoms with Gasteiger partial charge in [-0.15, -0.1) is 0 Å². The van der Waals surface area contributed by atoms with Crippen LogP contribution in [0.1, 0.15) is 36.8 Å². The molecule has 0 unspecified atom stereocenters. The molecule has 5 rings (SSSR count). The lowest BCUT2D eigenvalue weighted by Crippen LogP contribution is -2.33. The zero-order valence-electron chi connectivity index (χ0n) is 24.0. The molecule has 1 atom stereocenters. The van der Waals surface area contributed by atoms with Gasteiger partial charge >= 0.3 is 5.69 Å². The SMILES string of the molecule is Cn1nc(NS(C)(=O)=O)c2c(Cl)ccc(-c3ccc(C#CC(C)(C)n4cn[nH]c4=O)nc3[C@@H](N)Cc3cc(F)cc(F)c3)c21. The standard InChI is InChI=1S/C29H27ClF2N8O3S/c1-29(2,40-15-34-36-28(40)41)10-9-19-5-6-20(25(35-19)23(33)13-16-11-17(31)14-18(32)12-16)21-7-8-22(30)24-26(21)39(3)37-27(24)38-44(4,42)43/h5-8,11-12,14-15,23H,13,33H2,1-4H3,(H,36,41)(H,37,38)/t23-/m0/s1. The molecule has 0 fully saturated rings. The molecule has 3 heterocycles. The van der Waals surface area contributed by atoms with Gasteiger partial charge in [0.2, 0.25) is 10.0 Å². The summed E-state index contributed by atoms with van der Waals surface area (Å²) >= 11 is 6.52. The Hall–Kier alpha value is -4.58. The summed E-state index contributed by atoms with van der Waals surface area (Å²) in [6.07, 6.45) is 2.38.